The van der Waals surface area contributed by atoms with Gasteiger partial charge in [0.25, 0.3) is 5.56 Å². The fourth-order valence-electron chi connectivity index (χ4n) is 2.66. The van der Waals surface area contributed by atoms with E-state index in [1.807, 2.05) is 5.48 Å². The maximum atomic E-state index is 14.6. The summed E-state index contributed by atoms with van der Waals surface area (Å²) in [5.74, 6) is -0.0688. The third-order valence-electron chi connectivity index (χ3n) is 4.69. The predicted octanol–water partition coefficient (Wildman–Crippen LogP) is 1.84. The van der Waals surface area contributed by atoms with Gasteiger partial charge in [0.2, 0.25) is 0 Å². The van der Waals surface area contributed by atoms with Crippen LogP contribution in [0.1, 0.15) is 13.3 Å². The van der Waals surface area contributed by atoms with Gasteiger partial charge in [0.1, 0.15) is 11.6 Å². The van der Waals surface area contributed by atoms with Crippen molar-refractivity contribution >= 4 is 9.84 Å². The molecular weight excluding hydrogens is 375 g/mol. The topological polar surface area (TPSA) is 97.6 Å². The standard InChI is InChI=1S/C18H23FN2O5S/c1-18(12-20-23,27(3,24)25)7-8-21-11-16(19)15(10-17(21)22)13-5-4-6-14(9-13)26-2/h4-6,9-11,20,23H,7-8,12H2,1-3H3/t18-/m1/s1. The van der Waals surface area contributed by atoms with Crippen molar-refractivity contribution in [2.75, 3.05) is 19.9 Å². The highest BCUT2D eigenvalue weighted by molar-refractivity contribution is 7.92. The zero-order valence-electron chi connectivity index (χ0n) is 15.4. The zero-order chi connectivity index (χ0) is 20.2. The Morgan fingerprint density at radius 3 is 2.63 bits per heavy atom. The van der Waals surface area contributed by atoms with E-state index in [4.69, 9.17) is 9.94 Å². The summed E-state index contributed by atoms with van der Waals surface area (Å²) >= 11 is 0. The Bertz CT molecular complexity index is 974. The van der Waals surface area contributed by atoms with Crippen LogP contribution in [0, 0.1) is 5.82 Å². The van der Waals surface area contributed by atoms with Crippen LogP contribution in [0.3, 0.4) is 0 Å². The molecule has 0 unspecified atom stereocenters. The van der Waals surface area contributed by atoms with Crippen molar-refractivity contribution in [3.05, 3.63) is 52.7 Å². The van der Waals surface area contributed by atoms with Gasteiger partial charge < -0.3 is 14.5 Å². The Balaban J connectivity index is 2.33. The molecule has 1 aromatic heterocycles. The van der Waals surface area contributed by atoms with Crippen LogP contribution in [0.25, 0.3) is 11.1 Å². The largest absolute Gasteiger partial charge is 0.497 e. The number of hydrogen-bond donors (Lipinski definition) is 2. The molecule has 2 aromatic rings. The molecule has 2 N–H and O–H groups in total. The number of ether oxygens (including phenoxy) is 1. The summed E-state index contributed by atoms with van der Waals surface area (Å²) in [7, 11) is -2.03. The van der Waals surface area contributed by atoms with Crippen LogP contribution in [0.15, 0.2) is 41.3 Å². The first-order valence-corrected chi connectivity index (χ1v) is 10.1. The minimum absolute atomic E-state index is 0.0145. The molecule has 0 fully saturated rings. The lowest BCUT2D eigenvalue weighted by atomic mass is 10.1. The summed E-state index contributed by atoms with van der Waals surface area (Å²) in [6.07, 6.45) is 2.14. The molecule has 148 valence electrons. The number of aryl methyl sites for hydroxylation is 1. The number of aromatic nitrogens is 1. The van der Waals surface area contributed by atoms with Gasteiger partial charge in [-0.15, -0.1) is 0 Å². The number of rotatable bonds is 8. The molecule has 0 amide bonds. The van der Waals surface area contributed by atoms with Crippen molar-refractivity contribution in [1.29, 1.82) is 0 Å². The molecule has 0 radical (unpaired) electrons. The first-order chi connectivity index (χ1) is 12.6. The van der Waals surface area contributed by atoms with Crippen molar-refractivity contribution in [1.82, 2.24) is 10.0 Å². The first kappa shape index (κ1) is 21.1. The van der Waals surface area contributed by atoms with E-state index in [-0.39, 0.29) is 25.1 Å². The van der Waals surface area contributed by atoms with Crippen molar-refractivity contribution in [3.63, 3.8) is 0 Å². The molecule has 0 aliphatic rings. The molecule has 0 saturated heterocycles. The van der Waals surface area contributed by atoms with Crippen LogP contribution in [0.4, 0.5) is 4.39 Å². The van der Waals surface area contributed by atoms with Gasteiger partial charge in [0, 0.05) is 37.2 Å². The lowest BCUT2D eigenvalue weighted by molar-refractivity contribution is 0.153. The minimum Gasteiger partial charge on any atom is -0.497 e. The summed E-state index contributed by atoms with van der Waals surface area (Å²) in [5.41, 5.74) is 2.05. The van der Waals surface area contributed by atoms with E-state index in [0.717, 1.165) is 17.0 Å². The number of nitrogens with one attached hydrogen (secondary N) is 1. The Morgan fingerprint density at radius 2 is 2.04 bits per heavy atom. The van der Waals surface area contributed by atoms with Crippen LogP contribution < -0.4 is 15.8 Å². The molecule has 1 heterocycles. The first-order valence-electron chi connectivity index (χ1n) is 8.22. The minimum atomic E-state index is -3.52. The Labute approximate surface area is 157 Å². The van der Waals surface area contributed by atoms with Gasteiger partial charge >= 0.3 is 0 Å². The van der Waals surface area contributed by atoms with Crippen LogP contribution in [0.5, 0.6) is 5.75 Å². The normalized spacial score (nSPS) is 14.0. The lowest BCUT2D eigenvalue weighted by Crippen LogP contribution is -2.44. The van der Waals surface area contributed by atoms with Gasteiger partial charge in [-0.3, -0.25) is 4.79 Å². The molecule has 2 rings (SSSR count). The van der Waals surface area contributed by atoms with E-state index in [0.29, 0.717) is 11.3 Å². The zero-order valence-corrected chi connectivity index (χ0v) is 16.2. The molecule has 1 atom stereocenters. The number of hydroxylamine groups is 1. The van der Waals surface area contributed by atoms with Gasteiger partial charge in [0.15, 0.2) is 9.84 Å². The van der Waals surface area contributed by atoms with Gasteiger partial charge in [-0.2, -0.15) is 0 Å². The van der Waals surface area contributed by atoms with E-state index < -0.39 is 26.0 Å². The molecule has 0 aliphatic carbocycles. The predicted molar refractivity (Wildman–Crippen MR) is 100 cm³/mol. The monoisotopic (exact) mass is 398 g/mol. The number of nitrogens with zero attached hydrogens (tertiary/aromatic N) is 1. The van der Waals surface area contributed by atoms with E-state index in [1.165, 1.54) is 20.1 Å². The molecule has 0 spiro atoms. The molecule has 0 aliphatic heterocycles. The van der Waals surface area contributed by atoms with E-state index in [2.05, 4.69) is 0 Å². The molecular formula is C18H23FN2O5S. The third kappa shape index (κ3) is 4.74. The number of halogens is 1. The highest BCUT2D eigenvalue weighted by atomic mass is 32.2. The second-order valence-electron chi connectivity index (χ2n) is 6.61. The van der Waals surface area contributed by atoms with Crippen LogP contribution >= 0.6 is 0 Å². The maximum Gasteiger partial charge on any atom is 0.251 e. The molecule has 7 nitrogen and oxygen atoms in total. The SMILES string of the molecule is COc1cccc(-c2cc(=O)n(CC[C@](C)(CNO)S(C)(=O)=O)cc2F)c1. The molecule has 9 heteroatoms. The number of pyridine rings is 1. The highest BCUT2D eigenvalue weighted by Crippen LogP contribution is 2.25. The Hall–Kier alpha value is -2.23. The van der Waals surface area contributed by atoms with Gasteiger partial charge in [-0.25, -0.2) is 18.3 Å². The Morgan fingerprint density at radius 1 is 1.33 bits per heavy atom. The molecule has 27 heavy (non-hydrogen) atoms. The number of methoxy groups -OCH3 is 1. The fourth-order valence-corrected chi connectivity index (χ4v) is 3.45. The summed E-state index contributed by atoms with van der Waals surface area (Å²) in [6.45, 7) is 1.24. The molecule has 0 bridgehead atoms. The molecule has 1 aromatic carbocycles. The van der Waals surface area contributed by atoms with Gasteiger partial charge in [0.05, 0.1) is 11.9 Å². The van der Waals surface area contributed by atoms with Crippen molar-refractivity contribution in [3.8, 4) is 16.9 Å². The summed E-state index contributed by atoms with van der Waals surface area (Å²) in [5, 5.41) is 8.91. The fraction of sp³-hybridized carbons (Fsp3) is 0.389. The average molecular weight is 398 g/mol. The van der Waals surface area contributed by atoms with E-state index >= 15 is 0 Å². The van der Waals surface area contributed by atoms with Gasteiger partial charge in [-0.1, -0.05) is 12.1 Å². The summed E-state index contributed by atoms with van der Waals surface area (Å²) in [6, 6.07) is 7.86. The van der Waals surface area contributed by atoms with Crippen molar-refractivity contribution < 1.29 is 22.8 Å². The summed E-state index contributed by atoms with van der Waals surface area (Å²) in [4.78, 5) is 12.4. The Kier molecular flexibility index (Phi) is 6.40. The van der Waals surface area contributed by atoms with E-state index in [9.17, 15) is 17.6 Å². The maximum absolute atomic E-state index is 14.6. The van der Waals surface area contributed by atoms with Crippen LogP contribution in [-0.2, 0) is 16.4 Å². The average Bonchev–Trinajstić information content (AvgIpc) is 2.61. The van der Waals surface area contributed by atoms with Crippen molar-refractivity contribution in [2.24, 2.45) is 0 Å². The molecule has 0 saturated carbocycles. The van der Waals surface area contributed by atoms with E-state index in [1.54, 1.807) is 24.3 Å². The highest BCUT2D eigenvalue weighted by Gasteiger charge is 2.35. The second-order valence-corrected chi connectivity index (χ2v) is 9.14. The summed E-state index contributed by atoms with van der Waals surface area (Å²) < 4.78 is 43.5. The number of hydrogen-bond acceptors (Lipinski definition) is 6. The number of sulfone groups is 1. The van der Waals surface area contributed by atoms with Crippen molar-refractivity contribution in [2.45, 2.75) is 24.6 Å². The number of benzene rings is 1. The smallest absolute Gasteiger partial charge is 0.251 e. The lowest BCUT2D eigenvalue weighted by Gasteiger charge is -2.27. The van der Waals surface area contributed by atoms with Crippen LogP contribution in [0.2, 0.25) is 0 Å². The third-order valence-corrected chi connectivity index (χ3v) is 6.83. The second kappa shape index (κ2) is 8.20. The van der Waals surface area contributed by atoms with Crippen LogP contribution in [-0.4, -0.2) is 42.8 Å². The van der Waals surface area contributed by atoms with Gasteiger partial charge in [-0.05, 0) is 31.0 Å². The quantitative estimate of drug-likeness (QED) is 0.659.